The quantitative estimate of drug-likeness (QED) is 0.671. The van der Waals surface area contributed by atoms with Gasteiger partial charge in [-0.2, -0.15) is 13.2 Å². The Bertz CT molecular complexity index is 399. The molecule has 0 atom stereocenters. The smallest absolute Gasteiger partial charge is 0.395 e. The van der Waals surface area contributed by atoms with Crippen LogP contribution in [0.3, 0.4) is 0 Å². The van der Waals surface area contributed by atoms with Gasteiger partial charge >= 0.3 is 6.18 Å². The maximum atomic E-state index is 12.5. The van der Waals surface area contributed by atoms with E-state index in [9.17, 15) is 13.2 Å². The van der Waals surface area contributed by atoms with Crippen molar-refractivity contribution in [3.63, 3.8) is 0 Å². The SMILES string of the molecule is COCCNCc1ccc(N(CCO)CC(F)(F)F)nc1. The standard InChI is InChI=1S/C13H20F3N3O2/c1-21-7-4-17-8-11-2-3-12(18-9-11)19(5-6-20)10-13(14,15)16/h2-3,9,17,20H,4-8,10H2,1H3. The van der Waals surface area contributed by atoms with Crippen LogP contribution in [0, 0.1) is 0 Å². The van der Waals surface area contributed by atoms with Gasteiger partial charge in [0.25, 0.3) is 0 Å². The van der Waals surface area contributed by atoms with Crippen LogP contribution in [-0.4, -0.2) is 56.2 Å². The van der Waals surface area contributed by atoms with Gasteiger partial charge in [0, 0.05) is 32.9 Å². The number of anilines is 1. The van der Waals surface area contributed by atoms with E-state index in [1.165, 1.54) is 12.3 Å². The Hall–Kier alpha value is -1.38. The lowest BCUT2D eigenvalue weighted by Gasteiger charge is -2.24. The van der Waals surface area contributed by atoms with Crippen molar-refractivity contribution in [3.8, 4) is 0 Å². The van der Waals surface area contributed by atoms with Gasteiger partial charge in [0.2, 0.25) is 0 Å². The minimum atomic E-state index is -4.34. The van der Waals surface area contributed by atoms with Crippen LogP contribution in [0.4, 0.5) is 19.0 Å². The molecule has 0 radical (unpaired) electrons. The van der Waals surface area contributed by atoms with Crippen molar-refractivity contribution in [1.29, 1.82) is 0 Å². The Morgan fingerprint density at radius 2 is 2.14 bits per heavy atom. The average molecular weight is 307 g/mol. The van der Waals surface area contributed by atoms with Crippen LogP contribution in [0.1, 0.15) is 5.56 Å². The van der Waals surface area contributed by atoms with E-state index >= 15 is 0 Å². The molecule has 0 saturated heterocycles. The topological polar surface area (TPSA) is 57.6 Å². The number of halogens is 3. The molecule has 0 bridgehead atoms. The molecule has 0 unspecified atom stereocenters. The van der Waals surface area contributed by atoms with Crippen molar-refractivity contribution in [2.45, 2.75) is 12.7 Å². The van der Waals surface area contributed by atoms with E-state index in [1.54, 1.807) is 13.2 Å². The molecule has 0 aliphatic rings. The van der Waals surface area contributed by atoms with Crippen molar-refractivity contribution in [2.24, 2.45) is 0 Å². The van der Waals surface area contributed by atoms with Gasteiger partial charge in [0.15, 0.2) is 0 Å². The number of hydrogen-bond acceptors (Lipinski definition) is 5. The van der Waals surface area contributed by atoms with Crippen LogP contribution in [0.25, 0.3) is 0 Å². The minimum absolute atomic E-state index is 0.113. The highest BCUT2D eigenvalue weighted by atomic mass is 19.4. The molecule has 2 N–H and O–H groups in total. The number of ether oxygens (including phenoxy) is 1. The number of aliphatic hydroxyl groups excluding tert-OH is 1. The molecule has 120 valence electrons. The fourth-order valence-electron chi connectivity index (χ4n) is 1.73. The molecule has 0 aromatic carbocycles. The highest BCUT2D eigenvalue weighted by molar-refractivity contribution is 5.39. The largest absolute Gasteiger partial charge is 0.405 e. The number of nitrogens with one attached hydrogen (secondary N) is 1. The molecule has 0 saturated carbocycles. The zero-order valence-corrected chi connectivity index (χ0v) is 11.9. The molecular weight excluding hydrogens is 287 g/mol. The van der Waals surface area contributed by atoms with Crippen LogP contribution in [0.5, 0.6) is 0 Å². The molecule has 1 rings (SSSR count). The van der Waals surface area contributed by atoms with Crippen molar-refractivity contribution < 1.29 is 23.0 Å². The zero-order chi connectivity index (χ0) is 15.7. The molecule has 0 aliphatic carbocycles. The van der Waals surface area contributed by atoms with Gasteiger partial charge in [-0.3, -0.25) is 0 Å². The maximum absolute atomic E-state index is 12.5. The summed E-state index contributed by atoms with van der Waals surface area (Å²) in [7, 11) is 1.61. The van der Waals surface area contributed by atoms with Crippen LogP contribution >= 0.6 is 0 Å². The fourth-order valence-corrected chi connectivity index (χ4v) is 1.73. The molecule has 0 amide bonds. The first-order chi connectivity index (χ1) is 9.96. The van der Waals surface area contributed by atoms with Gasteiger partial charge in [0.05, 0.1) is 13.2 Å². The summed E-state index contributed by atoms with van der Waals surface area (Å²) in [5.41, 5.74) is 0.866. The van der Waals surface area contributed by atoms with Crippen LogP contribution in [-0.2, 0) is 11.3 Å². The summed E-state index contributed by atoms with van der Waals surface area (Å²) >= 11 is 0. The summed E-state index contributed by atoms with van der Waals surface area (Å²) in [4.78, 5) is 5.03. The first kappa shape index (κ1) is 17.7. The van der Waals surface area contributed by atoms with Crippen LogP contribution < -0.4 is 10.2 Å². The minimum Gasteiger partial charge on any atom is -0.395 e. The number of aromatic nitrogens is 1. The third kappa shape index (κ3) is 7.26. The molecule has 21 heavy (non-hydrogen) atoms. The van der Waals surface area contributed by atoms with E-state index in [4.69, 9.17) is 9.84 Å². The Kier molecular flexibility index (Phi) is 7.41. The second-order valence-corrected chi connectivity index (χ2v) is 4.45. The second kappa shape index (κ2) is 8.81. The van der Waals surface area contributed by atoms with Gasteiger partial charge < -0.3 is 20.1 Å². The Morgan fingerprint density at radius 3 is 2.67 bits per heavy atom. The van der Waals surface area contributed by atoms with Gasteiger partial charge in [-0.25, -0.2) is 4.98 Å². The molecule has 0 spiro atoms. The maximum Gasteiger partial charge on any atom is 0.405 e. The number of alkyl halides is 3. The summed E-state index contributed by atoms with van der Waals surface area (Å²) < 4.78 is 42.3. The zero-order valence-electron chi connectivity index (χ0n) is 11.9. The predicted molar refractivity (Wildman–Crippen MR) is 73.2 cm³/mol. The molecule has 5 nitrogen and oxygen atoms in total. The lowest BCUT2D eigenvalue weighted by atomic mass is 10.2. The van der Waals surface area contributed by atoms with E-state index in [-0.39, 0.29) is 19.0 Å². The molecule has 0 fully saturated rings. The second-order valence-electron chi connectivity index (χ2n) is 4.45. The van der Waals surface area contributed by atoms with Crippen LogP contribution in [0.15, 0.2) is 18.3 Å². The normalized spacial score (nSPS) is 11.7. The predicted octanol–water partition coefficient (Wildman–Crippen LogP) is 1.18. The number of pyridine rings is 1. The lowest BCUT2D eigenvalue weighted by molar-refractivity contribution is -0.120. The first-order valence-corrected chi connectivity index (χ1v) is 6.53. The Balaban J connectivity index is 2.60. The summed E-state index contributed by atoms with van der Waals surface area (Å²) in [6, 6.07) is 3.23. The van der Waals surface area contributed by atoms with Gasteiger partial charge in [-0.1, -0.05) is 6.07 Å². The van der Waals surface area contributed by atoms with Crippen molar-refractivity contribution in [2.75, 3.05) is 44.9 Å². The highest BCUT2D eigenvalue weighted by Gasteiger charge is 2.31. The molecule has 0 aliphatic heterocycles. The fraction of sp³-hybridized carbons (Fsp3) is 0.615. The average Bonchev–Trinajstić information content (AvgIpc) is 2.42. The summed E-state index contributed by atoms with van der Waals surface area (Å²) in [5.74, 6) is 0.196. The highest BCUT2D eigenvalue weighted by Crippen LogP contribution is 2.20. The number of nitrogens with zero attached hydrogens (tertiary/aromatic N) is 2. The molecule has 8 heteroatoms. The Labute approximate surface area is 121 Å². The van der Waals surface area contributed by atoms with Crippen molar-refractivity contribution in [1.82, 2.24) is 10.3 Å². The van der Waals surface area contributed by atoms with E-state index < -0.39 is 12.7 Å². The van der Waals surface area contributed by atoms with Crippen LogP contribution in [0.2, 0.25) is 0 Å². The van der Waals surface area contributed by atoms with E-state index in [2.05, 4.69) is 10.3 Å². The number of hydrogen-bond donors (Lipinski definition) is 2. The number of rotatable bonds is 9. The number of methoxy groups -OCH3 is 1. The van der Waals surface area contributed by atoms with Gasteiger partial charge in [-0.15, -0.1) is 0 Å². The lowest BCUT2D eigenvalue weighted by Crippen LogP contribution is -2.36. The van der Waals surface area contributed by atoms with Gasteiger partial charge in [0.1, 0.15) is 12.4 Å². The first-order valence-electron chi connectivity index (χ1n) is 6.53. The molecule has 1 heterocycles. The molecule has 1 aromatic rings. The van der Waals surface area contributed by atoms with E-state index in [0.717, 1.165) is 10.5 Å². The third-order valence-electron chi connectivity index (χ3n) is 2.69. The molecule has 1 aromatic heterocycles. The summed E-state index contributed by atoms with van der Waals surface area (Å²) in [5, 5.41) is 12.0. The summed E-state index contributed by atoms with van der Waals surface area (Å²) in [6.45, 7) is 0.224. The van der Waals surface area contributed by atoms with Crippen molar-refractivity contribution in [3.05, 3.63) is 23.9 Å². The Morgan fingerprint density at radius 1 is 1.38 bits per heavy atom. The molecular formula is C13H20F3N3O2. The van der Waals surface area contributed by atoms with E-state index in [1.807, 2.05) is 0 Å². The monoisotopic (exact) mass is 307 g/mol. The number of aliphatic hydroxyl groups is 1. The summed E-state index contributed by atoms with van der Waals surface area (Å²) in [6.07, 6.45) is -2.81. The van der Waals surface area contributed by atoms with E-state index in [0.29, 0.717) is 19.7 Å². The van der Waals surface area contributed by atoms with Crippen molar-refractivity contribution >= 4 is 5.82 Å². The van der Waals surface area contributed by atoms with Gasteiger partial charge in [-0.05, 0) is 11.6 Å². The third-order valence-corrected chi connectivity index (χ3v) is 2.69.